The van der Waals surface area contributed by atoms with Crippen molar-refractivity contribution in [2.45, 2.75) is 25.4 Å². The van der Waals surface area contributed by atoms with Crippen molar-refractivity contribution >= 4 is 37.6 Å². The molecule has 1 unspecified atom stereocenters. The second-order valence-corrected chi connectivity index (χ2v) is 7.80. The summed E-state index contributed by atoms with van der Waals surface area (Å²) in [6.45, 7) is 0.00562. The lowest BCUT2D eigenvalue weighted by Crippen LogP contribution is -2.34. The van der Waals surface area contributed by atoms with Crippen LogP contribution in [0.4, 0.5) is 0 Å². The molecule has 2 aliphatic rings. The van der Waals surface area contributed by atoms with Crippen molar-refractivity contribution in [3.8, 4) is 0 Å². The maximum atomic E-state index is 11.8. The van der Waals surface area contributed by atoms with Gasteiger partial charge in [-0.15, -0.1) is 0 Å². The van der Waals surface area contributed by atoms with Crippen molar-refractivity contribution < 1.29 is 25.2 Å². The largest absolute Gasteiger partial charge is 0.362 e. The average Bonchev–Trinajstić information content (AvgIpc) is 2.82. The zero-order chi connectivity index (χ0) is 13.4. The first kappa shape index (κ1) is 14.1. The van der Waals surface area contributed by atoms with E-state index in [4.69, 9.17) is 16.4 Å². The molecule has 18 heavy (non-hydrogen) atoms. The summed E-state index contributed by atoms with van der Waals surface area (Å²) in [5, 5.41) is 0. The van der Waals surface area contributed by atoms with Crippen molar-refractivity contribution in [1.82, 2.24) is 4.31 Å². The van der Waals surface area contributed by atoms with Crippen LogP contribution in [0.3, 0.4) is 0 Å². The van der Waals surface area contributed by atoms with Gasteiger partial charge in [-0.25, -0.2) is 4.31 Å². The van der Waals surface area contributed by atoms with Gasteiger partial charge in [-0.1, -0.05) is 12.2 Å². The molecule has 0 spiro atoms. The SMILES string of the molecule is O=S1(=O)CCC(COS(=O)(=O)N2CCCC2=S)O1. The molecule has 0 aromatic heterocycles. The molecule has 1 atom stereocenters. The lowest BCUT2D eigenvalue weighted by molar-refractivity contribution is 0.149. The average molecular weight is 315 g/mol. The second-order valence-electron chi connectivity index (χ2n) is 4.08. The van der Waals surface area contributed by atoms with Crippen LogP contribution in [-0.2, 0) is 28.8 Å². The Morgan fingerprint density at radius 1 is 1.50 bits per heavy atom. The highest BCUT2D eigenvalue weighted by atomic mass is 32.2. The second kappa shape index (κ2) is 5.00. The summed E-state index contributed by atoms with van der Waals surface area (Å²) in [7, 11) is -7.42. The van der Waals surface area contributed by atoms with E-state index in [0.29, 0.717) is 24.4 Å². The minimum Gasteiger partial charge on any atom is -0.264 e. The first-order valence-electron chi connectivity index (χ1n) is 5.41. The first-order valence-corrected chi connectivity index (χ1v) is 8.76. The molecule has 2 fully saturated rings. The molecule has 10 heteroatoms. The van der Waals surface area contributed by atoms with Crippen LogP contribution in [0.25, 0.3) is 0 Å². The third kappa shape index (κ3) is 3.18. The van der Waals surface area contributed by atoms with Crippen molar-refractivity contribution in [3.05, 3.63) is 0 Å². The van der Waals surface area contributed by atoms with Gasteiger partial charge >= 0.3 is 10.3 Å². The summed E-state index contributed by atoms with van der Waals surface area (Å²) >= 11 is 4.91. The molecule has 0 radical (unpaired) electrons. The molecular formula is C8H13NO6S3. The minimum absolute atomic E-state index is 0.108. The standard InChI is InChI=1S/C8H13NO6S3/c10-17(11)5-3-7(15-17)6-14-18(12,13)9-4-1-2-8(9)16/h7H,1-6H2. The van der Waals surface area contributed by atoms with Gasteiger partial charge in [0, 0.05) is 13.0 Å². The van der Waals surface area contributed by atoms with E-state index in [0.717, 1.165) is 4.31 Å². The van der Waals surface area contributed by atoms with Crippen LogP contribution < -0.4 is 0 Å². The Kier molecular flexibility index (Phi) is 3.93. The third-order valence-corrected chi connectivity index (χ3v) is 5.89. The van der Waals surface area contributed by atoms with E-state index in [1.807, 2.05) is 0 Å². The molecule has 2 heterocycles. The van der Waals surface area contributed by atoms with Crippen LogP contribution in [-0.4, -0.2) is 51.1 Å². The highest BCUT2D eigenvalue weighted by molar-refractivity contribution is 7.88. The maximum absolute atomic E-state index is 11.8. The predicted molar refractivity (Wildman–Crippen MR) is 66.7 cm³/mol. The van der Waals surface area contributed by atoms with Gasteiger partial charge < -0.3 is 0 Å². The molecule has 0 aliphatic carbocycles. The van der Waals surface area contributed by atoms with Gasteiger partial charge in [0.2, 0.25) is 0 Å². The highest BCUT2D eigenvalue weighted by Crippen LogP contribution is 2.20. The lowest BCUT2D eigenvalue weighted by Gasteiger charge is -2.18. The molecular weight excluding hydrogens is 302 g/mol. The number of hydrogen-bond donors (Lipinski definition) is 0. The van der Waals surface area contributed by atoms with Gasteiger partial charge in [-0.05, 0) is 12.8 Å². The molecule has 0 N–H and O–H groups in total. The van der Waals surface area contributed by atoms with E-state index in [2.05, 4.69) is 4.18 Å². The fraction of sp³-hybridized carbons (Fsp3) is 0.875. The smallest absolute Gasteiger partial charge is 0.264 e. The third-order valence-electron chi connectivity index (χ3n) is 2.68. The Hall–Kier alpha value is -0.290. The molecule has 0 aromatic rings. The summed E-state index contributed by atoms with van der Waals surface area (Å²) in [5.41, 5.74) is 0. The number of hydrogen-bond acceptors (Lipinski definition) is 7. The van der Waals surface area contributed by atoms with Gasteiger partial charge in [0.15, 0.2) is 0 Å². The van der Waals surface area contributed by atoms with Crippen LogP contribution in [0, 0.1) is 0 Å². The Labute approximate surface area is 111 Å². The van der Waals surface area contributed by atoms with Gasteiger partial charge in [0.1, 0.15) is 6.10 Å². The number of thiocarbonyl (C=S) groups is 1. The Morgan fingerprint density at radius 3 is 2.72 bits per heavy atom. The van der Waals surface area contributed by atoms with E-state index < -0.39 is 26.5 Å². The normalized spacial score (nSPS) is 27.9. The van der Waals surface area contributed by atoms with E-state index >= 15 is 0 Å². The van der Waals surface area contributed by atoms with Crippen molar-refractivity contribution in [1.29, 1.82) is 0 Å². The van der Waals surface area contributed by atoms with Crippen LogP contribution in [0.15, 0.2) is 0 Å². The highest BCUT2D eigenvalue weighted by Gasteiger charge is 2.33. The van der Waals surface area contributed by atoms with Gasteiger partial charge in [0.25, 0.3) is 10.1 Å². The molecule has 0 amide bonds. The summed E-state index contributed by atoms with van der Waals surface area (Å²) in [6.07, 6.45) is 0.727. The molecule has 2 saturated heterocycles. The fourth-order valence-electron chi connectivity index (χ4n) is 1.78. The summed E-state index contributed by atoms with van der Waals surface area (Å²) in [4.78, 5) is 0.329. The zero-order valence-corrected chi connectivity index (χ0v) is 11.9. The Bertz CT molecular complexity index is 539. The molecule has 2 rings (SSSR count). The molecule has 104 valence electrons. The van der Waals surface area contributed by atoms with Crippen molar-refractivity contribution in [2.75, 3.05) is 18.9 Å². The first-order chi connectivity index (χ1) is 8.30. The van der Waals surface area contributed by atoms with E-state index in [1.54, 1.807) is 0 Å². The number of nitrogens with zero attached hydrogens (tertiary/aromatic N) is 1. The van der Waals surface area contributed by atoms with Crippen molar-refractivity contribution in [3.63, 3.8) is 0 Å². The quantitative estimate of drug-likeness (QED) is 0.524. The summed E-state index contributed by atoms with van der Waals surface area (Å²) in [6, 6.07) is 0. The van der Waals surface area contributed by atoms with E-state index in [1.165, 1.54) is 0 Å². The summed E-state index contributed by atoms with van der Waals surface area (Å²) < 4.78 is 56.1. The molecule has 0 bridgehead atoms. The lowest BCUT2D eigenvalue weighted by atomic mass is 10.3. The Morgan fingerprint density at radius 2 is 2.22 bits per heavy atom. The monoisotopic (exact) mass is 315 g/mol. The number of rotatable bonds is 4. The minimum atomic E-state index is -3.92. The van der Waals surface area contributed by atoms with Gasteiger partial charge in [0.05, 0.1) is 17.3 Å². The van der Waals surface area contributed by atoms with Crippen LogP contribution in [0.2, 0.25) is 0 Å². The summed E-state index contributed by atoms with van der Waals surface area (Å²) in [5.74, 6) is -0.108. The van der Waals surface area contributed by atoms with Gasteiger partial charge in [-0.3, -0.25) is 8.37 Å². The van der Waals surface area contributed by atoms with Crippen molar-refractivity contribution in [2.24, 2.45) is 0 Å². The van der Waals surface area contributed by atoms with Crippen LogP contribution in [0.1, 0.15) is 19.3 Å². The van der Waals surface area contributed by atoms with Crippen LogP contribution in [0.5, 0.6) is 0 Å². The van der Waals surface area contributed by atoms with Gasteiger partial charge in [-0.2, -0.15) is 16.8 Å². The Balaban J connectivity index is 1.92. The molecule has 7 nitrogen and oxygen atoms in total. The fourth-order valence-corrected chi connectivity index (χ4v) is 4.64. The maximum Gasteiger partial charge on any atom is 0.362 e. The molecule has 0 aromatic carbocycles. The van der Waals surface area contributed by atoms with E-state index in [9.17, 15) is 16.8 Å². The zero-order valence-electron chi connectivity index (χ0n) is 9.44. The molecule has 2 aliphatic heterocycles. The predicted octanol–water partition coefficient (Wildman–Crippen LogP) is -0.210. The molecule has 0 saturated carbocycles. The topological polar surface area (TPSA) is 90.0 Å². The van der Waals surface area contributed by atoms with E-state index in [-0.39, 0.29) is 18.8 Å². The van der Waals surface area contributed by atoms with Crippen LogP contribution >= 0.6 is 12.2 Å².